The number of hydrogen-bond acceptors (Lipinski definition) is 2. The predicted octanol–water partition coefficient (Wildman–Crippen LogP) is 4.45. The molecule has 0 spiro atoms. The highest BCUT2D eigenvalue weighted by molar-refractivity contribution is 5.41. The van der Waals surface area contributed by atoms with Crippen LogP contribution in [0.15, 0.2) is 18.2 Å². The van der Waals surface area contributed by atoms with Crippen LogP contribution in [0.5, 0.6) is 5.75 Å². The maximum Gasteiger partial charge on any atom is 0.123 e. The lowest BCUT2D eigenvalue weighted by Crippen LogP contribution is -2.26. The molecule has 1 fully saturated rings. The van der Waals surface area contributed by atoms with Gasteiger partial charge in [-0.2, -0.15) is 0 Å². The summed E-state index contributed by atoms with van der Waals surface area (Å²) >= 11 is 0. The lowest BCUT2D eigenvalue weighted by Gasteiger charge is -2.23. The minimum absolute atomic E-state index is 0.124. The number of benzene rings is 1. The molecule has 1 aliphatic carbocycles. The minimum atomic E-state index is 0.124. The molecule has 1 aliphatic rings. The molecule has 1 aromatic rings. The van der Waals surface area contributed by atoms with Gasteiger partial charge >= 0.3 is 0 Å². The van der Waals surface area contributed by atoms with E-state index in [0.29, 0.717) is 0 Å². The highest BCUT2D eigenvalue weighted by Gasteiger charge is 2.19. The maximum atomic E-state index is 6.02. The molecule has 0 atom stereocenters. The van der Waals surface area contributed by atoms with Gasteiger partial charge in [0.25, 0.3) is 0 Å². The quantitative estimate of drug-likeness (QED) is 0.781. The monoisotopic (exact) mass is 289 g/mol. The fraction of sp³-hybridized carbons (Fsp3) is 0.684. The van der Waals surface area contributed by atoms with Crippen molar-refractivity contribution in [3.63, 3.8) is 0 Å². The third kappa shape index (κ3) is 5.03. The third-order valence-electron chi connectivity index (χ3n) is 4.39. The predicted molar refractivity (Wildman–Crippen MR) is 90.2 cm³/mol. The van der Waals surface area contributed by atoms with Gasteiger partial charge in [0.2, 0.25) is 0 Å². The van der Waals surface area contributed by atoms with Crippen molar-refractivity contribution in [3.8, 4) is 5.75 Å². The van der Waals surface area contributed by atoms with Crippen LogP contribution >= 0.6 is 0 Å². The van der Waals surface area contributed by atoms with Crippen molar-refractivity contribution in [2.45, 2.75) is 58.8 Å². The number of nitrogens with one attached hydrogen (secondary N) is 1. The van der Waals surface area contributed by atoms with Gasteiger partial charge in [0, 0.05) is 6.54 Å². The van der Waals surface area contributed by atoms with Crippen molar-refractivity contribution in [1.82, 2.24) is 5.32 Å². The first-order chi connectivity index (χ1) is 9.97. The van der Waals surface area contributed by atoms with Crippen molar-refractivity contribution in [2.24, 2.45) is 5.92 Å². The summed E-state index contributed by atoms with van der Waals surface area (Å²) in [6.45, 7) is 11.7. The van der Waals surface area contributed by atoms with E-state index in [9.17, 15) is 0 Å². The molecule has 1 aromatic carbocycles. The molecule has 0 heterocycles. The molecule has 2 nitrogen and oxygen atoms in total. The molecule has 2 heteroatoms. The van der Waals surface area contributed by atoms with E-state index in [1.165, 1.54) is 36.8 Å². The SMILES string of the molecule is Cc1ccc(OCCNCC2CCCC2)c(C(C)(C)C)c1. The molecule has 0 amide bonds. The van der Waals surface area contributed by atoms with E-state index in [1.54, 1.807) is 0 Å². The van der Waals surface area contributed by atoms with Crippen LogP contribution in [0.1, 0.15) is 57.6 Å². The smallest absolute Gasteiger partial charge is 0.123 e. The van der Waals surface area contributed by atoms with E-state index >= 15 is 0 Å². The largest absolute Gasteiger partial charge is 0.492 e. The summed E-state index contributed by atoms with van der Waals surface area (Å²) in [4.78, 5) is 0. The van der Waals surface area contributed by atoms with Crippen molar-refractivity contribution >= 4 is 0 Å². The Morgan fingerprint density at radius 1 is 1.19 bits per heavy atom. The van der Waals surface area contributed by atoms with Gasteiger partial charge in [-0.1, -0.05) is 51.3 Å². The summed E-state index contributed by atoms with van der Waals surface area (Å²) in [7, 11) is 0. The molecule has 0 radical (unpaired) electrons. The molecule has 0 saturated heterocycles. The Morgan fingerprint density at radius 2 is 1.90 bits per heavy atom. The number of aryl methyl sites for hydroxylation is 1. The Bertz CT molecular complexity index is 441. The van der Waals surface area contributed by atoms with Gasteiger partial charge in [0.1, 0.15) is 12.4 Å². The third-order valence-corrected chi connectivity index (χ3v) is 4.39. The highest BCUT2D eigenvalue weighted by Crippen LogP contribution is 2.32. The Kier molecular flexibility index (Phi) is 5.69. The molecule has 0 aromatic heterocycles. The normalized spacial score (nSPS) is 16.4. The zero-order valence-corrected chi connectivity index (χ0v) is 14.2. The molecule has 0 unspecified atom stereocenters. The first-order valence-corrected chi connectivity index (χ1v) is 8.41. The van der Waals surface area contributed by atoms with Crippen LogP contribution in [0.4, 0.5) is 0 Å². The van der Waals surface area contributed by atoms with Gasteiger partial charge in [0.15, 0.2) is 0 Å². The van der Waals surface area contributed by atoms with Gasteiger partial charge in [-0.25, -0.2) is 0 Å². The second-order valence-corrected chi connectivity index (χ2v) is 7.45. The van der Waals surface area contributed by atoms with Gasteiger partial charge < -0.3 is 10.1 Å². The summed E-state index contributed by atoms with van der Waals surface area (Å²) in [5.74, 6) is 1.94. The highest BCUT2D eigenvalue weighted by atomic mass is 16.5. The Balaban J connectivity index is 1.79. The summed E-state index contributed by atoms with van der Waals surface area (Å²) in [5, 5.41) is 3.54. The van der Waals surface area contributed by atoms with Crippen LogP contribution in [0.25, 0.3) is 0 Å². The molecule has 0 aliphatic heterocycles. The number of hydrogen-bond donors (Lipinski definition) is 1. The Morgan fingerprint density at radius 3 is 2.57 bits per heavy atom. The van der Waals surface area contributed by atoms with Gasteiger partial charge in [-0.3, -0.25) is 0 Å². The molecular weight excluding hydrogens is 258 g/mol. The Labute approximate surface area is 130 Å². The summed E-state index contributed by atoms with van der Waals surface area (Å²) in [6, 6.07) is 6.50. The van der Waals surface area contributed by atoms with E-state index in [0.717, 1.165) is 31.4 Å². The zero-order chi connectivity index (χ0) is 15.3. The van der Waals surface area contributed by atoms with Crippen LogP contribution in [0.2, 0.25) is 0 Å². The molecule has 0 bridgehead atoms. The lowest BCUT2D eigenvalue weighted by atomic mass is 9.85. The molecule has 1 N–H and O–H groups in total. The van der Waals surface area contributed by atoms with E-state index in [2.05, 4.69) is 51.2 Å². The fourth-order valence-electron chi connectivity index (χ4n) is 3.11. The number of rotatable bonds is 6. The molecule has 118 valence electrons. The van der Waals surface area contributed by atoms with Crippen LogP contribution in [0.3, 0.4) is 0 Å². The first-order valence-electron chi connectivity index (χ1n) is 8.41. The molecule has 21 heavy (non-hydrogen) atoms. The summed E-state index contributed by atoms with van der Waals surface area (Å²) in [5.41, 5.74) is 2.73. The van der Waals surface area contributed by atoms with E-state index in [-0.39, 0.29) is 5.41 Å². The van der Waals surface area contributed by atoms with Gasteiger partial charge in [0.05, 0.1) is 0 Å². The first kappa shape index (κ1) is 16.4. The fourth-order valence-corrected chi connectivity index (χ4v) is 3.11. The zero-order valence-electron chi connectivity index (χ0n) is 14.2. The molecule has 1 saturated carbocycles. The Hall–Kier alpha value is -1.02. The topological polar surface area (TPSA) is 21.3 Å². The van der Waals surface area contributed by atoms with Gasteiger partial charge in [-0.15, -0.1) is 0 Å². The van der Waals surface area contributed by atoms with Crippen LogP contribution < -0.4 is 10.1 Å². The minimum Gasteiger partial charge on any atom is -0.492 e. The molecule has 2 rings (SSSR count). The standard InChI is InChI=1S/C19H31NO/c1-15-9-10-18(17(13-15)19(2,3)4)21-12-11-20-14-16-7-5-6-8-16/h9-10,13,16,20H,5-8,11-12,14H2,1-4H3. The van der Waals surface area contributed by atoms with E-state index in [4.69, 9.17) is 4.74 Å². The summed E-state index contributed by atoms with van der Waals surface area (Å²) in [6.07, 6.45) is 5.64. The second kappa shape index (κ2) is 7.31. The number of ether oxygens (including phenoxy) is 1. The average Bonchev–Trinajstić information content (AvgIpc) is 2.92. The van der Waals surface area contributed by atoms with Crippen molar-refractivity contribution < 1.29 is 4.74 Å². The van der Waals surface area contributed by atoms with E-state index in [1.807, 2.05) is 0 Å². The van der Waals surface area contributed by atoms with Crippen molar-refractivity contribution in [1.29, 1.82) is 0 Å². The van der Waals surface area contributed by atoms with Crippen LogP contribution in [-0.4, -0.2) is 19.7 Å². The lowest BCUT2D eigenvalue weighted by molar-refractivity contribution is 0.301. The van der Waals surface area contributed by atoms with E-state index < -0.39 is 0 Å². The van der Waals surface area contributed by atoms with Gasteiger partial charge in [-0.05, 0) is 49.3 Å². The maximum absolute atomic E-state index is 6.02. The summed E-state index contributed by atoms with van der Waals surface area (Å²) < 4.78 is 6.02. The van der Waals surface area contributed by atoms with Crippen LogP contribution in [0, 0.1) is 12.8 Å². The van der Waals surface area contributed by atoms with Crippen LogP contribution in [-0.2, 0) is 5.41 Å². The second-order valence-electron chi connectivity index (χ2n) is 7.45. The molecular formula is C19H31NO. The van der Waals surface area contributed by atoms with Crippen molar-refractivity contribution in [3.05, 3.63) is 29.3 Å². The van der Waals surface area contributed by atoms with Crippen molar-refractivity contribution in [2.75, 3.05) is 19.7 Å². The average molecular weight is 289 g/mol.